The van der Waals surface area contributed by atoms with Gasteiger partial charge in [0, 0.05) is 4.47 Å². The lowest BCUT2D eigenvalue weighted by atomic mass is 10.2. The van der Waals surface area contributed by atoms with Crippen LogP contribution >= 0.6 is 15.9 Å². The van der Waals surface area contributed by atoms with E-state index in [-0.39, 0.29) is 11.9 Å². The SMILES string of the molecule is NNC(=NC1CCCC1)c1c(F)cccc1Br. The zero-order chi connectivity index (χ0) is 12.3. The third kappa shape index (κ3) is 2.84. The highest BCUT2D eigenvalue weighted by Crippen LogP contribution is 2.24. The van der Waals surface area contributed by atoms with Gasteiger partial charge in [0.05, 0.1) is 11.6 Å². The molecule has 0 bridgehead atoms. The van der Waals surface area contributed by atoms with Crippen molar-refractivity contribution in [3.63, 3.8) is 0 Å². The molecule has 1 aliphatic carbocycles. The normalized spacial score (nSPS) is 17.5. The smallest absolute Gasteiger partial charge is 0.146 e. The average Bonchev–Trinajstić information content (AvgIpc) is 2.80. The van der Waals surface area contributed by atoms with Gasteiger partial charge in [-0.2, -0.15) is 0 Å². The quantitative estimate of drug-likeness (QED) is 0.382. The highest BCUT2D eigenvalue weighted by atomic mass is 79.9. The van der Waals surface area contributed by atoms with Crippen LogP contribution in [0, 0.1) is 5.82 Å². The lowest BCUT2D eigenvalue weighted by molar-refractivity contribution is 0.621. The van der Waals surface area contributed by atoms with Crippen molar-refractivity contribution in [2.75, 3.05) is 0 Å². The van der Waals surface area contributed by atoms with Crippen molar-refractivity contribution in [3.8, 4) is 0 Å². The van der Waals surface area contributed by atoms with Gasteiger partial charge in [0.2, 0.25) is 0 Å². The number of nitrogens with zero attached hydrogens (tertiary/aromatic N) is 1. The molecule has 0 heterocycles. The Bertz CT molecular complexity index is 408. The van der Waals surface area contributed by atoms with E-state index in [0.717, 1.165) is 12.8 Å². The van der Waals surface area contributed by atoms with Crippen molar-refractivity contribution < 1.29 is 4.39 Å². The van der Waals surface area contributed by atoms with Crippen LogP contribution in [0.15, 0.2) is 27.7 Å². The van der Waals surface area contributed by atoms with Gasteiger partial charge >= 0.3 is 0 Å². The summed E-state index contributed by atoms with van der Waals surface area (Å²) in [6.07, 6.45) is 4.48. The van der Waals surface area contributed by atoms with E-state index >= 15 is 0 Å². The molecule has 0 saturated heterocycles. The maximum Gasteiger partial charge on any atom is 0.146 e. The summed E-state index contributed by atoms with van der Waals surface area (Å²) in [5, 5.41) is 0. The van der Waals surface area contributed by atoms with Crippen molar-refractivity contribution in [3.05, 3.63) is 34.1 Å². The molecule has 17 heavy (non-hydrogen) atoms. The summed E-state index contributed by atoms with van der Waals surface area (Å²) in [5.74, 6) is 5.55. The van der Waals surface area contributed by atoms with E-state index < -0.39 is 0 Å². The lowest BCUT2D eigenvalue weighted by Gasteiger charge is -2.11. The maximum absolute atomic E-state index is 13.8. The summed E-state index contributed by atoms with van der Waals surface area (Å²) >= 11 is 3.32. The third-order valence-electron chi connectivity index (χ3n) is 2.97. The first-order valence-electron chi connectivity index (χ1n) is 5.71. The van der Waals surface area contributed by atoms with Crippen LogP contribution in [0.1, 0.15) is 31.2 Å². The summed E-state index contributed by atoms with van der Waals surface area (Å²) in [7, 11) is 0. The number of hydrogen-bond donors (Lipinski definition) is 2. The first kappa shape index (κ1) is 12.5. The third-order valence-corrected chi connectivity index (χ3v) is 3.63. The first-order valence-corrected chi connectivity index (χ1v) is 6.50. The van der Waals surface area contributed by atoms with Crippen LogP contribution in [0.5, 0.6) is 0 Å². The Balaban J connectivity index is 2.34. The molecule has 5 heteroatoms. The fourth-order valence-corrected chi connectivity index (χ4v) is 2.64. The van der Waals surface area contributed by atoms with Crippen molar-refractivity contribution in [1.82, 2.24) is 5.43 Å². The molecule has 1 aromatic rings. The Labute approximate surface area is 108 Å². The minimum absolute atomic E-state index is 0.257. The van der Waals surface area contributed by atoms with Gasteiger partial charge in [0.15, 0.2) is 0 Å². The number of nitrogens with two attached hydrogens (primary N) is 1. The van der Waals surface area contributed by atoms with Crippen LogP contribution in [0.2, 0.25) is 0 Å². The average molecular weight is 300 g/mol. The van der Waals surface area contributed by atoms with E-state index in [9.17, 15) is 4.39 Å². The van der Waals surface area contributed by atoms with Crippen LogP contribution in [0.25, 0.3) is 0 Å². The van der Waals surface area contributed by atoms with Crippen LogP contribution in [0.3, 0.4) is 0 Å². The van der Waals surface area contributed by atoms with E-state index in [1.165, 1.54) is 18.9 Å². The first-order chi connectivity index (χ1) is 8.22. The molecule has 1 fully saturated rings. The predicted molar refractivity (Wildman–Crippen MR) is 70.2 cm³/mol. The van der Waals surface area contributed by atoms with E-state index in [0.29, 0.717) is 15.9 Å². The number of hydrogen-bond acceptors (Lipinski definition) is 2. The molecule has 1 aromatic carbocycles. The summed E-state index contributed by atoms with van der Waals surface area (Å²) in [5.41, 5.74) is 2.91. The number of hydrazine groups is 1. The van der Waals surface area contributed by atoms with Gasteiger partial charge in [-0.15, -0.1) is 0 Å². The minimum Gasteiger partial charge on any atom is -0.308 e. The molecule has 0 aliphatic heterocycles. The molecule has 0 unspecified atom stereocenters. The Hall–Kier alpha value is -0.940. The fraction of sp³-hybridized carbons (Fsp3) is 0.417. The summed E-state index contributed by atoms with van der Waals surface area (Å²) in [6, 6.07) is 5.08. The second-order valence-electron chi connectivity index (χ2n) is 4.16. The molecule has 0 atom stereocenters. The fourth-order valence-electron chi connectivity index (χ4n) is 2.11. The highest BCUT2D eigenvalue weighted by Gasteiger charge is 2.18. The van der Waals surface area contributed by atoms with E-state index in [4.69, 9.17) is 5.84 Å². The van der Waals surface area contributed by atoms with Gasteiger partial charge in [-0.25, -0.2) is 10.2 Å². The maximum atomic E-state index is 13.8. The highest BCUT2D eigenvalue weighted by molar-refractivity contribution is 9.10. The number of amidine groups is 1. The van der Waals surface area contributed by atoms with Crippen molar-refractivity contribution in [2.24, 2.45) is 10.8 Å². The second-order valence-corrected chi connectivity index (χ2v) is 5.01. The predicted octanol–water partition coefficient (Wildman–Crippen LogP) is 2.74. The van der Waals surface area contributed by atoms with Crippen molar-refractivity contribution >= 4 is 21.8 Å². The van der Waals surface area contributed by atoms with Crippen LogP contribution in [0.4, 0.5) is 4.39 Å². The monoisotopic (exact) mass is 299 g/mol. The molecular weight excluding hydrogens is 285 g/mol. The van der Waals surface area contributed by atoms with Crippen molar-refractivity contribution in [1.29, 1.82) is 0 Å². The Morgan fingerprint density at radius 3 is 2.71 bits per heavy atom. The van der Waals surface area contributed by atoms with Crippen LogP contribution in [-0.2, 0) is 0 Å². The molecule has 1 aliphatic rings. The number of aliphatic imine (C=N–C) groups is 1. The molecule has 0 spiro atoms. The summed E-state index contributed by atoms with van der Waals surface area (Å²) in [4.78, 5) is 4.50. The molecule has 3 nitrogen and oxygen atoms in total. The van der Waals surface area contributed by atoms with Gasteiger partial charge in [-0.3, -0.25) is 4.99 Å². The molecule has 2 rings (SSSR count). The van der Waals surface area contributed by atoms with E-state index in [1.807, 2.05) is 0 Å². The lowest BCUT2D eigenvalue weighted by Crippen LogP contribution is -2.33. The van der Waals surface area contributed by atoms with Gasteiger partial charge in [0.25, 0.3) is 0 Å². The number of halogens is 2. The molecule has 3 N–H and O–H groups in total. The van der Waals surface area contributed by atoms with Crippen LogP contribution in [-0.4, -0.2) is 11.9 Å². The molecular formula is C12H15BrFN3. The molecule has 0 amide bonds. The van der Waals surface area contributed by atoms with Gasteiger partial charge < -0.3 is 5.43 Å². The zero-order valence-corrected chi connectivity index (χ0v) is 11.0. The summed E-state index contributed by atoms with van der Waals surface area (Å²) < 4.78 is 14.4. The standard InChI is InChI=1S/C12H15BrFN3/c13-9-6-3-7-10(14)11(9)12(17-15)16-8-4-1-2-5-8/h3,6-8H,1-2,4-5,15H2,(H,16,17). The minimum atomic E-state index is -0.325. The number of nitrogens with one attached hydrogen (secondary N) is 1. The van der Waals surface area contributed by atoms with Gasteiger partial charge in [-0.05, 0) is 40.9 Å². The van der Waals surface area contributed by atoms with Gasteiger partial charge in [0.1, 0.15) is 11.7 Å². The topological polar surface area (TPSA) is 50.4 Å². The van der Waals surface area contributed by atoms with Crippen LogP contribution < -0.4 is 11.3 Å². The molecule has 0 aromatic heterocycles. The molecule has 1 saturated carbocycles. The van der Waals surface area contributed by atoms with Gasteiger partial charge in [-0.1, -0.05) is 18.9 Å². The second kappa shape index (κ2) is 5.60. The molecule has 0 radical (unpaired) electrons. The Kier molecular flexibility index (Phi) is 4.12. The number of rotatable bonds is 2. The Morgan fingerprint density at radius 2 is 2.12 bits per heavy atom. The van der Waals surface area contributed by atoms with E-state index in [2.05, 4.69) is 26.3 Å². The Morgan fingerprint density at radius 1 is 1.41 bits per heavy atom. The summed E-state index contributed by atoms with van der Waals surface area (Å²) in [6.45, 7) is 0. The molecule has 92 valence electrons. The van der Waals surface area contributed by atoms with Crippen molar-refractivity contribution in [2.45, 2.75) is 31.7 Å². The van der Waals surface area contributed by atoms with E-state index in [1.54, 1.807) is 12.1 Å². The zero-order valence-electron chi connectivity index (χ0n) is 9.42. The largest absolute Gasteiger partial charge is 0.308 e. The number of benzene rings is 1.